The zero-order chi connectivity index (χ0) is 13.1. The highest BCUT2D eigenvalue weighted by atomic mass is 35.5. The van der Waals surface area contributed by atoms with Crippen LogP contribution in [0.1, 0.15) is 11.3 Å². The van der Waals surface area contributed by atoms with Gasteiger partial charge < -0.3 is 10.6 Å². The van der Waals surface area contributed by atoms with E-state index in [4.69, 9.17) is 22.7 Å². The minimum atomic E-state index is -0.0642. The molecule has 94 valence electrons. The van der Waals surface area contributed by atoms with Crippen molar-refractivity contribution in [3.8, 4) is 0 Å². The number of rotatable bonds is 4. The van der Waals surface area contributed by atoms with Gasteiger partial charge in [0.15, 0.2) is 0 Å². The highest BCUT2D eigenvalue weighted by molar-refractivity contribution is 7.07. The summed E-state index contributed by atoms with van der Waals surface area (Å²) in [6.07, 6.45) is 1.59. The van der Waals surface area contributed by atoms with Crippen molar-refractivity contribution in [2.24, 2.45) is 5.73 Å². The van der Waals surface area contributed by atoms with E-state index in [-0.39, 0.29) is 5.84 Å². The van der Waals surface area contributed by atoms with Crippen LogP contribution in [0.4, 0.5) is 5.82 Å². The fourth-order valence-corrected chi connectivity index (χ4v) is 2.45. The first-order valence-corrected chi connectivity index (χ1v) is 6.48. The third-order valence-electron chi connectivity index (χ3n) is 2.41. The summed E-state index contributed by atoms with van der Waals surface area (Å²) in [5, 5.41) is 9.81. The number of amidine groups is 1. The number of nitrogens with two attached hydrogens (primary N) is 1. The van der Waals surface area contributed by atoms with Crippen molar-refractivity contribution in [3.05, 3.63) is 39.4 Å². The third-order valence-corrected chi connectivity index (χ3v) is 3.41. The summed E-state index contributed by atoms with van der Waals surface area (Å²) < 4.78 is 0. The summed E-state index contributed by atoms with van der Waals surface area (Å²) in [6.45, 7) is 0.609. The minimum absolute atomic E-state index is 0.0642. The quantitative estimate of drug-likeness (QED) is 0.664. The first-order chi connectivity index (χ1) is 8.59. The monoisotopic (exact) mass is 281 g/mol. The summed E-state index contributed by atoms with van der Waals surface area (Å²) in [7, 11) is 1.87. The summed E-state index contributed by atoms with van der Waals surface area (Å²) in [6, 6.07) is 1.63. The number of anilines is 1. The maximum absolute atomic E-state index is 7.45. The molecule has 0 aliphatic carbocycles. The Bertz CT molecular complexity index is 555. The van der Waals surface area contributed by atoms with Gasteiger partial charge in [0.25, 0.3) is 0 Å². The Labute approximate surface area is 114 Å². The fraction of sp³-hybridized carbons (Fsp3) is 0.182. The molecule has 0 aliphatic heterocycles. The number of nitrogens with zero attached hydrogens (tertiary/aromatic N) is 3. The van der Waals surface area contributed by atoms with E-state index in [1.165, 1.54) is 0 Å². The smallest absolute Gasteiger partial charge is 0.148 e. The minimum Gasteiger partial charge on any atom is -0.384 e. The molecule has 0 atom stereocenters. The Hall–Kier alpha value is -1.66. The van der Waals surface area contributed by atoms with Crippen LogP contribution in [0.5, 0.6) is 0 Å². The van der Waals surface area contributed by atoms with E-state index in [9.17, 15) is 0 Å². The van der Waals surface area contributed by atoms with Crippen LogP contribution in [-0.2, 0) is 6.54 Å². The first kappa shape index (κ1) is 12.8. The van der Waals surface area contributed by atoms with Crippen LogP contribution in [-0.4, -0.2) is 22.9 Å². The van der Waals surface area contributed by atoms with Crippen LogP contribution in [0.2, 0.25) is 5.02 Å². The average Bonchev–Trinajstić information content (AvgIpc) is 2.81. The molecule has 0 unspecified atom stereocenters. The maximum Gasteiger partial charge on any atom is 0.148 e. The van der Waals surface area contributed by atoms with Gasteiger partial charge in [0.05, 0.1) is 22.8 Å². The predicted octanol–water partition coefficient (Wildman–Crippen LogP) is 2.11. The Morgan fingerprint density at radius 1 is 1.56 bits per heavy atom. The number of hydrogen-bond donors (Lipinski definition) is 2. The van der Waals surface area contributed by atoms with Gasteiger partial charge >= 0.3 is 0 Å². The highest BCUT2D eigenvalue weighted by Crippen LogP contribution is 2.26. The van der Waals surface area contributed by atoms with Crippen LogP contribution in [0, 0.1) is 5.41 Å². The molecule has 5 nitrogen and oxygen atoms in total. The zero-order valence-corrected chi connectivity index (χ0v) is 11.3. The van der Waals surface area contributed by atoms with E-state index in [2.05, 4.69) is 9.97 Å². The number of pyridine rings is 1. The van der Waals surface area contributed by atoms with Crippen molar-refractivity contribution in [2.45, 2.75) is 6.54 Å². The highest BCUT2D eigenvalue weighted by Gasteiger charge is 2.14. The number of nitrogen functional groups attached to an aromatic ring is 1. The summed E-state index contributed by atoms with van der Waals surface area (Å²) in [5.74, 6) is 0.531. The lowest BCUT2D eigenvalue weighted by Gasteiger charge is -2.19. The largest absolute Gasteiger partial charge is 0.384 e. The van der Waals surface area contributed by atoms with E-state index in [1.807, 2.05) is 17.3 Å². The number of nitrogens with one attached hydrogen (secondary N) is 1. The van der Waals surface area contributed by atoms with Crippen LogP contribution in [0.3, 0.4) is 0 Å². The van der Waals surface area contributed by atoms with Crippen LogP contribution in [0.25, 0.3) is 0 Å². The normalized spacial score (nSPS) is 10.3. The molecule has 0 fully saturated rings. The first-order valence-electron chi connectivity index (χ1n) is 5.16. The van der Waals surface area contributed by atoms with Gasteiger partial charge in [-0.2, -0.15) is 0 Å². The van der Waals surface area contributed by atoms with Gasteiger partial charge in [0, 0.05) is 24.2 Å². The van der Waals surface area contributed by atoms with Gasteiger partial charge in [0.1, 0.15) is 11.7 Å². The van der Waals surface area contributed by atoms with Crippen molar-refractivity contribution in [2.75, 3.05) is 11.9 Å². The Kier molecular flexibility index (Phi) is 3.78. The number of aromatic nitrogens is 2. The molecule has 0 aromatic carbocycles. The average molecular weight is 282 g/mol. The predicted molar refractivity (Wildman–Crippen MR) is 74.5 cm³/mol. The standard InChI is InChI=1S/C11H12ClN5S/c1-17(4-7-5-18-6-16-7)11-9(12)8(10(13)14)2-3-15-11/h2-3,5-6H,4H2,1H3,(H3,13,14). The molecule has 18 heavy (non-hydrogen) atoms. The van der Waals surface area contributed by atoms with Gasteiger partial charge in [-0.1, -0.05) is 11.6 Å². The Morgan fingerprint density at radius 3 is 2.94 bits per heavy atom. The molecular formula is C11H12ClN5S. The van der Waals surface area contributed by atoms with E-state index >= 15 is 0 Å². The van der Waals surface area contributed by atoms with Gasteiger partial charge in [-0.3, -0.25) is 5.41 Å². The number of halogens is 1. The summed E-state index contributed by atoms with van der Waals surface area (Å²) in [4.78, 5) is 10.3. The molecule has 0 spiro atoms. The van der Waals surface area contributed by atoms with E-state index in [0.29, 0.717) is 22.9 Å². The Morgan fingerprint density at radius 2 is 2.33 bits per heavy atom. The van der Waals surface area contributed by atoms with Crippen LogP contribution in [0.15, 0.2) is 23.2 Å². The van der Waals surface area contributed by atoms with Gasteiger partial charge in [-0.15, -0.1) is 11.3 Å². The van der Waals surface area contributed by atoms with Crippen LogP contribution >= 0.6 is 22.9 Å². The van der Waals surface area contributed by atoms with Crippen molar-refractivity contribution in [1.82, 2.24) is 9.97 Å². The van der Waals surface area contributed by atoms with Crippen LogP contribution < -0.4 is 10.6 Å². The molecular weight excluding hydrogens is 270 g/mol. The number of hydrogen-bond acceptors (Lipinski definition) is 5. The molecule has 0 radical (unpaired) electrons. The molecule has 0 saturated carbocycles. The lowest BCUT2D eigenvalue weighted by molar-refractivity contribution is 0.874. The Balaban J connectivity index is 2.27. The topological polar surface area (TPSA) is 78.9 Å². The molecule has 2 aromatic heterocycles. The SMILES string of the molecule is CN(Cc1cscn1)c1nccc(C(=N)N)c1Cl. The second-order valence-corrected chi connectivity index (χ2v) is 4.84. The molecule has 2 heterocycles. The molecule has 7 heteroatoms. The molecule has 2 aromatic rings. The summed E-state index contributed by atoms with van der Waals surface area (Å²) in [5.41, 5.74) is 8.69. The lowest BCUT2D eigenvalue weighted by atomic mass is 10.2. The number of thiazole rings is 1. The van der Waals surface area contributed by atoms with E-state index in [1.54, 1.807) is 29.1 Å². The van der Waals surface area contributed by atoms with Crippen molar-refractivity contribution in [1.29, 1.82) is 5.41 Å². The molecule has 3 N–H and O–H groups in total. The molecule has 0 amide bonds. The lowest BCUT2D eigenvalue weighted by Crippen LogP contribution is -2.20. The van der Waals surface area contributed by atoms with Gasteiger partial charge in [-0.25, -0.2) is 9.97 Å². The van der Waals surface area contributed by atoms with E-state index in [0.717, 1.165) is 5.69 Å². The zero-order valence-electron chi connectivity index (χ0n) is 9.72. The van der Waals surface area contributed by atoms with E-state index < -0.39 is 0 Å². The maximum atomic E-state index is 7.45. The molecule has 0 saturated heterocycles. The molecule has 0 aliphatic rings. The van der Waals surface area contributed by atoms with Gasteiger partial charge in [-0.05, 0) is 6.07 Å². The molecule has 0 bridgehead atoms. The second-order valence-electron chi connectivity index (χ2n) is 3.75. The molecule has 2 rings (SSSR count). The fourth-order valence-electron chi connectivity index (χ4n) is 1.54. The van der Waals surface area contributed by atoms with Gasteiger partial charge in [0.2, 0.25) is 0 Å². The van der Waals surface area contributed by atoms with Crippen molar-refractivity contribution in [3.63, 3.8) is 0 Å². The summed E-state index contributed by atoms with van der Waals surface area (Å²) >= 11 is 7.74. The van der Waals surface area contributed by atoms with Crippen molar-refractivity contribution < 1.29 is 0 Å². The third kappa shape index (κ3) is 2.60. The second kappa shape index (κ2) is 5.32. The van der Waals surface area contributed by atoms with Crippen molar-refractivity contribution >= 4 is 34.6 Å².